The number of ether oxygens (including phenoxy) is 1. The van der Waals surface area contributed by atoms with E-state index >= 15 is 0 Å². The molecule has 34 heavy (non-hydrogen) atoms. The fourth-order valence-corrected chi connectivity index (χ4v) is 3.84. The summed E-state index contributed by atoms with van der Waals surface area (Å²) in [4.78, 5) is 5.45. The maximum atomic E-state index is 9.18. The van der Waals surface area contributed by atoms with Gasteiger partial charge >= 0.3 is 0 Å². The average Bonchev–Trinajstić information content (AvgIpc) is 3.14. The molecule has 4 aromatic rings. The van der Waals surface area contributed by atoms with Crippen molar-refractivity contribution in [3.05, 3.63) is 118 Å². The molecule has 5 nitrogen and oxygen atoms in total. The van der Waals surface area contributed by atoms with E-state index in [1.165, 1.54) is 0 Å². The molecule has 0 aliphatic rings. The number of aryl methyl sites for hydroxylation is 1. The monoisotopic (exact) mass is 469 g/mol. The van der Waals surface area contributed by atoms with Crippen LogP contribution in [-0.4, -0.2) is 10.8 Å². The minimum absolute atomic E-state index is 0.246. The molecule has 0 N–H and O–H groups in total. The average molecular weight is 470 g/mol. The highest BCUT2D eigenvalue weighted by molar-refractivity contribution is 6.30. The molecule has 0 saturated heterocycles. The summed E-state index contributed by atoms with van der Waals surface area (Å²) in [7, 11) is 0. The Bertz CT molecular complexity index is 1330. The molecule has 0 aliphatic carbocycles. The van der Waals surface area contributed by atoms with Crippen LogP contribution in [0.25, 0.3) is 5.69 Å². The van der Waals surface area contributed by atoms with E-state index in [-0.39, 0.29) is 6.61 Å². The van der Waals surface area contributed by atoms with Crippen LogP contribution in [0.1, 0.15) is 33.6 Å². The third-order valence-electron chi connectivity index (χ3n) is 5.51. The normalized spacial score (nSPS) is 10.9. The SMILES string of the molecule is Cc1cc(/C=N\OCc2ccccc2C#N)c(C)n1-c1ccc(OCc2ccc(Cl)cc2)cc1. The van der Waals surface area contributed by atoms with Gasteiger partial charge in [0.05, 0.1) is 17.8 Å². The number of benzene rings is 3. The van der Waals surface area contributed by atoms with Crippen LogP contribution in [0.3, 0.4) is 0 Å². The maximum absolute atomic E-state index is 9.18. The van der Waals surface area contributed by atoms with Gasteiger partial charge in [0.2, 0.25) is 0 Å². The third kappa shape index (κ3) is 5.48. The lowest BCUT2D eigenvalue weighted by molar-refractivity contribution is 0.132. The molecule has 170 valence electrons. The first kappa shape index (κ1) is 23.2. The highest BCUT2D eigenvalue weighted by atomic mass is 35.5. The summed E-state index contributed by atoms with van der Waals surface area (Å²) >= 11 is 5.93. The molecule has 0 atom stereocenters. The van der Waals surface area contributed by atoms with Crippen LogP contribution in [0.5, 0.6) is 5.75 Å². The lowest BCUT2D eigenvalue weighted by Gasteiger charge is -2.11. The largest absolute Gasteiger partial charge is 0.489 e. The predicted octanol–water partition coefficient (Wildman–Crippen LogP) is 6.75. The lowest BCUT2D eigenvalue weighted by Crippen LogP contribution is -2.00. The standard InChI is InChI=1S/C28H24ClN3O2/c1-20-15-25(17-31-34-19-24-6-4-3-5-23(24)16-30)21(2)32(20)27-11-13-28(14-12-27)33-18-22-7-9-26(29)10-8-22/h3-15,17H,18-19H2,1-2H3/b31-17-. The van der Waals surface area contributed by atoms with Gasteiger partial charge in [-0.2, -0.15) is 5.26 Å². The Labute approximate surface area is 204 Å². The molecule has 0 bridgehead atoms. The number of aromatic nitrogens is 1. The van der Waals surface area contributed by atoms with Gasteiger partial charge in [0, 0.05) is 33.2 Å². The van der Waals surface area contributed by atoms with Gasteiger partial charge in [-0.15, -0.1) is 0 Å². The first-order chi connectivity index (χ1) is 16.5. The van der Waals surface area contributed by atoms with E-state index in [1.54, 1.807) is 12.3 Å². The van der Waals surface area contributed by atoms with Gasteiger partial charge in [0.1, 0.15) is 19.0 Å². The van der Waals surface area contributed by atoms with E-state index in [1.807, 2.05) is 73.7 Å². The third-order valence-corrected chi connectivity index (χ3v) is 5.76. The van der Waals surface area contributed by atoms with E-state index in [0.29, 0.717) is 17.2 Å². The van der Waals surface area contributed by atoms with Gasteiger partial charge in [-0.1, -0.05) is 47.1 Å². The Morgan fingerprint density at radius 3 is 2.44 bits per heavy atom. The number of hydrogen-bond donors (Lipinski definition) is 0. The quantitative estimate of drug-likeness (QED) is 0.212. The van der Waals surface area contributed by atoms with Crippen molar-refractivity contribution in [1.29, 1.82) is 5.26 Å². The van der Waals surface area contributed by atoms with E-state index < -0.39 is 0 Å². The Morgan fingerprint density at radius 2 is 1.71 bits per heavy atom. The molecule has 1 heterocycles. The van der Waals surface area contributed by atoms with Crippen molar-refractivity contribution >= 4 is 17.8 Å². The fourth-order valence-electron chi connectivity index (χ4n) is 3.71. The Kier molecular flexibility index (Phi) is 7.31. The number of rotatable bonds is 8. The fraction of sp³-hybridized carbons (Fsp3) is 0.143. The molecule has 0 fully saturated rings. The van der Waals surface area contributed by atoms with Crippen molar-refractivity contribution in [1.82, 2.24) is 4.57 Å². The zero-order valence-corrected chi connectivity index (χ0v) is 19.8. The zero-order chi connectivity index (χ0) is 23.9. The molecule has 6 heteroatoms. The molecule has 3 aromatic carbocycles. The second-order valence-electron chi connectivity index (χ2n) is 7.85. The van der Waals surface area contributed by atoms with Crippen molar-refractivity contribution in [2.75, 3.05) is 0 Å². The summed E-state index contributed by atoms with van der Waals surface area (Å²) in [5, 5.41) is 14.0. The number of nitriles is 1. The first-order valence-corrected chi connectivity index (χ1v) is 11.2. The Hall–Kier alpha value is -4.01. The maximum Gasteiger partial charge on any atom is 0.143 e. The van der Waals surface area contributed by atoms with Crippen LogP contribution in [0.15, 0.2) is 84.0 Å². The molecule has 1 aromatic heterocycles. The number of halogens is 1. The Balaban J connectivity index is 1.40. The van der Waals surface area contributed by atoms with Gasteiger partial charge in [-0.25, -0.2) is 0 Å². The molecule has 0 saturated carbocycles. The molecular formula is C28H24ClN3O2. The zero-order valence-electron chi connectivity index (χ0n) is 19.0. The number of hydrogen-bond acceptors (Lipinski definition) is 4. The molecule has 0 amide bonds. The van der Waals surface area contributed by atoms with Crippen LogP contribution in [0, 0.1) is 25.2 Å². The van der Waals surface area contributed by atoms with Crippen LogP contribution >= 0.6 is 11.6 Å². The summed E-state index contributed by atoms with van der Waals surface area (Å²) in [5.74, 6) is 0.800. The van der Waals surface area contributed by atoms with E-state index in [4.69, 9.17) is 21.2 Å². The Morgan fingerprint density at radius 1 is 0.971 bits per heavy atom. The van der Waals surface area contributed by atoms with Gasteiger partial charge in [-0.05, 0) is 67.9 Å². The molecule has 0 aliphatic heterocycles. The van der Waals surface area contributed by atoms with Crippen LogP contribution < -0.4 is 4.74 Å². The summed E-state index contributed by atoms with van der Waals surface area (Å²) < 4.78 is 8.06. The van der Waals surface area contributed by atoms with Crippen LogP contribution in [0.2, 0.25) is 5.02 Å². The van der Waals surface area contributed by atoms with Crippen LogP contribution in [-0.2, 0) is 18.1 Å². The number of oxime groups is 1. The summed E-state index contributed by atoms with van der Waals surface area (Å²) in [6.45, 7) is 4.83. The van der Waals surface area contributed by atoms with E-state index in [0.717, 1.165) is 39.5 Å². The second kappa shape index (κ2) is 10.7. The highest BCUT2D eigenvalue weighted by Crippen LogP contribution is 2.23. The number of nitrogens with zero attached hydrogens (tertiary/aromatic N) is 3. The van der Waals surface area contributed by atoms with Crippen LogP contribution in [0.4, 0.5) is 0 Å². The second-order valence-corrected chi connectivity index (χ2v) is 8.28. The summed E-state index contributed by atoms with van der Waals surface area (Å²) in [6, 6.07) is 27.2. The van der Waals surface area contributed by atoms with Crippen molar-refractivity contribution in [3.63, 3.8) is 0 Å². The predicted molar refractivity (Wildman–Crippen MR) is 135 cm³/mol. The van der Waals surface area contributed by atoms with Gasteiger partial charge in [0.25, 0.3) is 0 Å². The first-order valence-electron chi connectivity index (χ1n) is 10.8. The van der Waals surface area contributed by atoms with Crippen molar-refractivity contribution in [2.24, 2.45) is 5.16 Å². The molecular weight excluding hydrogens is 446 g/mol. The van der Waals surface area contributed by atoms with Gasteiger partial charge in [-0.3, -0.25) is 0 Å². The molecule has 0 spiro atoms. The highest BCUT2D eigenvalue weighted by Gasteiger charge is 2.10. The molecule has 0 unspecified atom stereocenters. The van der Waals surface area contributed by atoms with E-state index in [9.17, 15) is 5.26 Å². The summed E-state index contributed by atoms with van der Waals surface area (Å²) in [6.07, 6.45) is 1.71. The lowest BCUT2D eigenvalue weighted by atomic mass is 10.1. The topological polar surface area (TPSA) is 59.5 Å². The summed E-state index contributed by atoms with van der Waals surface area (Å²) in [5.41, 5.74) is 6.61. The van der Waals surface area contributed by atoms with Gasteiger partial charge in [0.15, 0.2) is 0 Å². The molecule has 0 radical (unpaired) electrons. The van der Waals surface area contributed by atoms with Crippen molar-refractivity contribution in [3.8, 4) is 17.5 Å². The van der Waals surface area contributed by atoms with E-state index in [2.05, 4.69) is 28.8 Å². The molecule has 4 rings (SSSR count). The van der Waals surface area contributed by atoms with Crippen molar-refractivity contribution in [2.45, 2.75) is 27.1 Å². The minimum Gasteiger partial charge on any atom is -0.489 e. The smallest absolute Gasteiger partial charge is 0.143 e. The van der Waals surface area contributed by atoms with Gasteiger partial charge < -0.3 is 14.1 Å². The van der Waals surface area contributed by atoms with Crippen molar-refractivity contribution < 1.29 is 9.57 Å². The minimum atomic E-state index is 0.246.